The van der Waals surface area contributed by atoms with Gasteiger partial charge < -0.3 is 4.57 Å². The number of nitrogens with zero attached hydrogens (tertiary/aromatic N) is 3. The van der Waals surface area contributed by atoms with Gasteiger partial charge in [0.1, 0.15) is 5.69 Å². The summed E-state index contributed by atoms with van der Waals surface area (Å²) in [7, 11) is -3.16. The van der Waals surface area contributed by atoms with Gasteiger partial charge in [0.15, 0.2) is 5.82 Å². The van der Waals surface area contributed by atoms with Crippen molar-refractivity contribution >= 4 is 10.0 Å². The normalized spacial score (nSPS) is 11.7. The summed E-state index contributed by atoms with van der Waals surface area (Å²) in [5.74, 6) is 0.893. The van der Waals surface area contributed by atoms with Gasteiger partial charge in [-0.3, -0.25) is 4.98 Å². The summed E-state index contributed by atoms with van der Waals surface area (Å²) in [5.41, 5.74) is 0.772. The molecule has 2 heterocycles. The standard InChI is InChI=1S/C13H18N4O2S/c1-2-11-20(18,19)16-8-10-17-9-7-15-13(17)12-5-3-4-6-14-12/h3-7,9,16H,2,8,10-11H2,1H3. The predicted octanol–water partition coefficient (Wildman–Crippen LogP) is 1.27. The zero-order valence-corrected chi connectivity index (χ0v) is 12.2. The first-order valence-electron chi connectivity index (χ1n) is 6.52. The monoisotopic (exact) mass is 294 g/mol. The van der Waals surface area contributed by atoms with Gasteiger partial charge in [0.2, 0.25) is 10.0 Å². The molecule has 20 heavy (non-hydrogen) atoms. The van der Waals surface area contributed by atoms with E-state index >= 15 is 0 Å². The SMILES string of the molecule is CCCS(=O)(=O)NCCn1ccnc1-c1ccccn1. The van der Waals surface area contributed by atoms with E-state index in [9.17, 15) is 8.42 Å². The van der Waals surface area contributed by atoms with E-state index in [2.05, 4.69) is 14.7 Å². The molecule has 0 fully saturated rings. The van der Waals surface area contributed by atoms with E-state index in [-0.39, 0.29) is 5.75 Å². The van der Waals surface area contributed by atoms with Gasteiger partial charge in [0.05, 0.1) is 5.75 Å². The predicted molar refractivity (Wildman–Crippen MR) is 77.5 cm³/mol. The first-order valence-corrected chi connectivity index (χ1v) is 8.17. The molecule has 0 aliphatic carbocycles. The van der Waals surface area contributed by atoms with Crippen LogP contribution in [-0.2, 0) is 16.6 Å². The number of hydrogen-bond acceptors (Lipinski definition) is 4. The lowest BCUT2D eigenvalue weighted by molar-refractivity contribution is 0.572. The van der Waals surface area contributed by atoms with Gasteiger partial charge in [-0.25, -0.2) is 18.1 Å². The van der Waals surface area contributed by atoms with E-state index in [4.69, 9.17) is 0 Å². The van der Waals surface area contributed by atoms with Crippen LogP contribution in [0.15, 0.2) is 36.8 Å². The summed E-state index contributed by atoms with van der Waals surface area (Å²) in [6.45, 7) is 2.71. The molecule has 108 valence electrons. The Morgan fingerprint density at radius 3 is 2.80 bits per heavy atom. The first kappa shape index (κ1) is 14.7. The number of aromatic nitrogens is 3. The Kier molecular flexibility index (Phi) is 4.86. The summed E-state index contributed by atoms with van der Waals surface area (Å²) in [5, 5.41) is 0. The highest BCUT2D eigenvalue weighted by Crippen LogP contribution is 2.13. The number of nitrogens with one attached hydrogen (secondary N) is 1. The highest BCUT2D eigenvalue weighted by Gasteiger charge is 2.09. The third-order valence-electron chi connectivity index (χ3n) is 2.76. The summed E-state index contributed by atoms with van der Waals surface area (Å²) >= 11 is 0. The highest BCUT2D eigenvalue weighted by molar-refractivity contribution is 7.89. The molecule has 0 saturated carbocycles. The number of imidazole rings is 1. The van der Waals surface area contributed by atoms with Crippen molar-refractivity contribution in [2.75, 3.05) is 12.3 Å². The lowest BCUT2D eigenvalue weighted by Gasteiger charge is -2.08. The Bertz CT molecular complexity index is 637. The summed E-state index contributed by atoms with van der Waals surface area (Å²) < 4.78 is 27.6. The van der Waals surface area contributed by atoms with Crippen molar-refractivity contribution in [3.8, 4) is 11.5 Å². The van der Waals surface area contributed by atoms with Gasteiger partial charge in [-0.2, -0.15) is 0 Å². The Morgan fingerprint density at radius 1 is 1.25 bits per heavy atom. The number of pyridine rings is 1. The highest BCUT2D eigenvalue weighted by atomic mass is 32.2. The van der Waals surface area contributed by atoms with Crippen molar-refractivity contribution in [3.63, 3.8) is 0 Å². The van der Waals surface area contributed by atoms with E-state index in [0.717, 1.165) is 11.5 Å². The van der Waals surface area contributed by atoms with Crippen molar-refractivity contribution in [2.45, 2.75) is 19.9 Å². The Hall–Kier alpha value is -1.73. The second-order valence-corrected chi connectivity index (χ2v) is 6.30. The molecule has 0 aliphatic heterocycles. The molecule has 2 rings (SSSR count). The lowest BCUT2D eigenvalue weighted by atomic mass is 10.3. The summed E-state index contributed by atoms with van der Waals surface area (Å²) in [4.78, 5) is 8.51. The van der Waals surface area contributed by atoms with Gasteiger partial charge >= 0.3 is 0 Å². The fraction of sp³-hybridized carbons (Fsp3) is 0.385. The average molecular weight is 294 g/mol. The molecule has 7 heteroatoms. The topological polar surface area (TPSA) is 76.9 Å². The van der Waals surface area contributed by atoms with Crippen LogP contribution in [0.2, 0.25) is 0 Å². The smallest absolute Gasteiger partial charge is 0.211 e. The maximum Gasteiger partial charge on any atom is 0.211 e. The zero-order valence-electron chi connectivity index (χ0n) is 11.4. The molecule has 0 atom stereocenters. The largest absolute Gasteiger partial charge is 0.328 e. The second-order valence-electron chi connectivity index (χ2n) is 4.37. The van der Waals surface area contributed by atoms with Crippen LogP contribution in [0.25, 0.3) is 11.5 Å². The van der Waals surface area contributed by atoms with E-state index in [1.165, 1.54) is 0 Å². The Balaban J connectivity index is 2.00. The molecule has 0 amide bonds. The molecular formula is C13H18N4O2S. The average Bonchev–Trinajstić information content (AvgIpc) is 2.88. The number of sulfonamides is 1. The zero-order chi connectivity index (χ0) is 14.4. The van der Waals surface area contributed by atoms with E-state index in [1.54, 1.807) is 12.4 Å². The lowest BCUT2D eigenvalue weighted by Crippen LogP contribution is -2.29. The molecule has 2 aromatic heterocycles. The minimum atomic E-state index is -3.16. The van der Waals surface area contributed by atoms with Crippen LogP contribution < -0.4 is 4.72 Å². The third kappa shape index (κ3) is 3.88. The second kappa shape index (κ2) is 6.62. The van der Waals surface area contributed by atoms with Crippen LogP contribution >= 0.6 is 0 Å². The minimum Gasteiger partial charge on any atom is -0.328 e. The minimum absolute atomic E-state index is 0.157. The quantitative estimate of drug-likeness (QED) is 0.834. The maximum absolute atomic E-state index is 11.6. The third-order valence-corrected chi connectivity index (χ3v) is 4.35. The molecule has 0 aliphatic rings. The molecular weight excluding hydrogens is 276 g/mol. The molecule has 0 saturated heterocycles. The number of hydrogen-bond donors (Lipinski definition) is 1. The molecule has 0 bridgehead atoms. The van der Waals surface area contributed by atoms with Crippen molar-refractivity contribution in [1.29, 1.82) is 0 Å². The van der Waals surface area contributed by atoms with Crippen molar-refractivity contribution in [2.24, 2.45) is 0 Å². The molecule has 2 aromatic rings. The molecule has 0 unspecified atom stereocenters. The Morgan fingerprint density at radius 2 is 2.10 bits per heavy atom. The van der Waals surface area contributed by atoms with Crippen LogP contribution in [0.1, 0.15) is 13.3 Å². The first-order chi connectivity index (χ1) is 9.62. The fourth-order valence-electron chi connectivity index (χ4n) is 1.88. The summed E-state index contributed by atoms with van der Waals surface area (Å²) in [6, 6.07) is 5.61. The van der Waals surface area contributed by atoms with Crippen LogP contribution in [0.3, 0.4) is 0 Å². The molecule has 0 radical (unpaired) electrons. The van der Waals surface area contributed by atoms with Gasteiger partial charge in [-0.1, -0.05) is 13.0 Å². The van der Waals surface area contributed by atoms with Crippen molar-refractivity contribution in [1.82, 2.24) is 19.3 Å². The van der Waals surface area contributed by atoms with Crippen LogP contribution in [0, 0.1) is 0 Å². The fourth-order valence-corrected chi connectivity index (χ4v) is 2.96. The Labute approximate surface area is 118 Å². The van der Waals surface area contributed by atoms with Crippen molar-refractivity contribution < 1.29 is 8.42 Å². The van der Waals surface area contributed by atoms with Gasteiger partial charge in [0.25, 0.3) is 0 Å². The molecule has 0 aromatic carbocycles. The van der Waals surface area contributed by atoms with Gasteiger partial charge in [-0.15, -0.1) is 0 Å². The number of rotatable bonds is 7. The van der Waals surface area contributed by atoms with Crippen molar-refractivity contribution in [3.05, 3.63) is 36.8 Å². The van der Waals surface area contributed by atoms with E-state index in [0.29, 0.717) is 19.5 Å². The molecule has 0 spiro atoms. The van der Waals surface area contributed by atoms with E-state index in [1.807, 2.05) is 35.9 Å². The van der Waals surface area contributed by atoms with Gasteiger partial charge in [0, 0.05) is 31.7 Å². The van der Waals surface area contributed by atoms with Crippen LogP contribution in [0.4, 0.5) is 0 Å². The van der Waals surface area contributed by atoms with Gasteiger partial charge in [-0.05, 0) is 18.6 Å². The van der Waals surface area contributed by atoms with Crippen LogP contribution in [-0.4, -0.2) is 35.3 Å². The molecule has 1 N–H and O–H groups in total. The van der Waals surface area contributed by atoms with E-state index < -0.39 is 10.0 Å². The maximum atomic E-state index is 11.6. The molecule has 6 nitrogen and oxygen atoms in total. The van der Waals surface area contributed by atoms with Crippen LogP contribution in [0.5, 0.6) is 0 Å². The summed E-state index contributed by atoms with van der Waals surface area (Å²) in [6.07, 6.45) is 5.82.